The zero-order valence-electron chi connectivity index (χ0n) is 7.27. The van der Waals surface area contributed by atoms with E-state index in [1.54, 1.807) is 24.0 Å². The van der Waals surface area contributed by atoms with Crippen molar-refractivity contribution in [1.82, 2.24) is 4.98 Å². The number of nitrogens with zero attached hydrogens (tertiary/aromatic N) is 1. The van der Waals surface area contributed by atoms with E-state index < -0.39 is 0 Å². The van der Waals surface area contributed by atoms with Gasteiger partial charge in [-0.2, -0.15) is 0 Å². The highest BCUT2D eigenvalue weighted by molar-refractivity contribution is 7.99. The van der Waals surface area contributed by atoms with Crippen LogP contribution in [0.15, 0.2) is 52.5 Å². The molecule has 1 heterocycles. The zero-order chi connectivity index (χ0) is 9.80. The molecule has 1 nitrogen and oxygen atoms in total. The van der Waals surface area contributed by atoms with E-state index in [9.17, 15) is 0 Å². The Morgan fingerprint density at radius 3 is 2.64 bits per heavy atom. The summed E-state index contributed by atoms with van der Waals surface area (Å²) in [7, 11) is 0. The third-order valence-corrected chi connectivity index (χ3v) is 2.73. The number of benzene rings is 1. The van der Waals surface area contributed by atoms with Crippen molar-refractivity contribution in [2.75, 3.05) is 0 Å². The van der Waals surface area contributed by atoms with Gasteiger partial charge in [0.15, 0.2) is 0 Å². The monoisotopic (exact) mass is 220 g/mol. The minimum Gasteiger partial charge on any atom is -0.249 e. The van der Waals surface area contributed by atoms with E-state index in [0.29, 0.717) is 5.02 Å². The fraction of sp³-hybridized carbons (Fsp3) is 0. The summed E-state index contributed by atoms with van der Waals surface area (Å²) in [5, 5.41) is 1.39. The molecule has 2 rings (SSSR count). The lowest BCUT2D eigenvalue weighted by Gasteiger charge is -1.99. The summed E-state index contributed by atoms with van der Waals surface area (Å²) in [4.78, 5) is 5.30. The Balaban J connectivity index is 2.19. The van der Waals surface area contributed by atoms with E-state index in [1.807, 2.05) is 30.3 Å². The summed E-state index contributed by atoms with van der Waals surface area (Å²) in [6, 6.07) is 14.7. The fourth-order valence-corrected chi connectivity index (χ4v) is 1.99. The van der Waals surface area contributed by atoms with Crippen LogP contribution in [0.5, 0.6) is 0 Å². The highest BCUT2D eigenvalue weighted by Crippen LogP contribution is 2.26. The molecular weight excluding hydrogens is 214 g/mol. The Morgan fingerprint density at radius 2 is 1.93 bits per heavy atom. The van der Waals surface area contributed by atoms with Gasteiger partial charge in [0.25, 0.3) is 0 Å². The maximum atomic E-state index is 5.80. The van der Waals surface area contributed by atoms with Crippen LogP contribution in [-0.2, 0) is 0 Å². The van der Waals surface area contributed by atoms with Gasteiger partial charge in [0, 0.05) is 17.2 Å². The second-order valence-corrected chi connectivity index (χ2v) is 4.11. The molecule has 1 aromatic heterocycles. The maximum absolute atomic E-state index is 5.80. The summed E-state index contributed by atoms with van der Waals surface area (Å²) < 4.78 is 0. The molecule has 69 valence electrons. The molecule has 0 N–H and O–H groups in total. The van der Waals surface area contributed by atoms with Gasteiger partial charge < -0.3 is 0 Å². The lowest BCUT2D eigenvalue weighted by Crippen LogP contribution is -1.78. The number of aromatic nitrogens is 1. The predicted octanol–water partition coefficient (Wildman–Crippen LogP) is 3.69. The van der Waals surface area contributed by atoms with Gasteiger partial charge in [0.1, 0.15) is 5.03 Å². The molecule has 3 heteroatoms. The van der Waals surface area contributed by atoms with Gasteiger partial charge in [-0.25, -0.2) is 4.98 Å². The van der Waals surface area contributed by atoms with E-state index in [0.717, 1.165) is 9.92 Å². The minimum absolute atomic E-state index is 0.596. The molecule has 0 amide bonds. The average molecular weight is 221 g/mol. The molecule has 0 unspecified atom stereocenters. The van der Waals surface area contributed by atoms with Crippen molar-refractivity contribution < 1.29 is 0 Å². The van der Waals surface area contributed by atoms with E-state index in [1.165, 1.54) is 0 Å². The van der Waals surface area contributed by atoms with Gasteiger partial charge in [-0.05, 0) is 18.2 Å². The quantitative estimate of drug-likeness (QED) is 0.766. The number of hydrogen-bond acceptors (Lipinski definition) is 2. The van der Waals surface area contributed by atoms with Crippen LogP contribution in [-0.4, -0.2) is 4.98 Å². The molecule has 0 aliphatic carbocycles. The molecule has 0 fully saturated rings. The van der Waals surface area contributed by atoms with Gasteiger partial charge in [-0.15, -0.1) is 0 Å². The van der Waals surface area contributed by atoms with E-state index in [-0.39, 0.29) is 0 Å². The molecule has 1 radical (unpaired) electrons. The van der Waals surface area contributed by atoms with Gasteiger partial charge in [-0.3, -0.25) is 0 Å². The van der Waals surface area contributed by atoms with Gasteiger partial charge in [0.2, 0.25) is 0 Å². The summed E-state index contributed by atoms with van der Waals surface area (Å²) in [5.74, 6) is 0. The van der Waals surface area contributed by atoms with E-state index in [2.05, 4.69) is 11.1 Å². The van der Waals surface area contributed by atoms with Crippen molar-refractivity contribution in [3.05, 3.63) is 53.7 Å². The first-order chi connectivity index (χ1) is 6.84. The van der Waals surface area contributed by atoms with Crippen molar-refractivity contribution in [2.24, 2.45) is 0 Å². The lowest BCUT2D eigenvalue weighted by molar-refractivity contribution is 1.12. The van der Waals surface area contributed by atoms with E-state index >= 15 is 0 Å². The summed E-state index contributed by atoms with van der Waals surface area (Å²) in [5.41, 5.74) is 0. The highest BCUT2D eigenvalue weighted by Gasteiger charge is 1.98. The van der Waals surface area contributed by atoms with Crippen LogP contribution >= 0.6 is 23.4 Å². The molecule has 0 aliphatic rings. The first kappa shape index (κ1) is 9.56. The van der Waals surface area contributed by atoms with Crippen molar-refractivity contribution in [3.63, 3.8) is 0 Å². The first-order valence-corrected chi connectivity index (χ1v) is 5.31. The van der Waals surface area contributed by atoms with Gasteiger partial charge >= 0.3 is 0 Å². The highest BCUT2D eigenvalue weighted by atomic mass is 35.5. The Hall–Kier alpha value is -0.990. The molecule has 2 aromatic rings. The van der Waals surface area contributed by atoms with Gasteiger partial charge in [-0.1, -0.05) is 41.6 Å². The standard InChI is InChI=1S/C11H7ClNS/c12-9-6-7-13-11(8-9)14-10-4-2-1-3-5-10/h1-7H. The lowest BCUT2D eigenvalue weighted by atomic mass is 10.4. The first-order valence-electron chi connectivity index (χ1n) is 4.11. The van der Waals surface area contributed by atoms with Crippen LogP contribution in [0.3, 0.4) is 0 Å². The molecule has 14 heavy (non-hydrogen) atoms. The van der Waals surface area contributed by atoms with E-state index in [4.69, 9.17) is 11.6 Å². The van der Waals surface area contributed by atoms with Gasteiger partial charge in [0.05, 0.1) is 5.02 Å². The summed E-state index contributed by atoms with van der Waals surface area (Å²) in [6.07, 6.45) is 1.68. The topological polar surface area (TPSA) is 12.9 Å². The molecule has 0 aliphatic heterocycles. The SMILES string of the molecule is Clc1[c]c(Sc2ccccc2)ncc1. The summed E-state index contributed by atoms with van der Waals surface area (Å²) >= 11 is 7.35. The Kier molecular flexibility index (Phi) is 3.07. The molecule has 0 bridgehead atoms. The number of pyridine rings is 1. The Morgan fingerprint density at radius 1 is 1.14 bits per heavy atom. The predicted molar refractivity (Wildman–Crippen MR) is 58.6 cm³/mol. The number of hydrogen-bond donors (Lipinski definition) is 0. The molecule has 0 atom stereocenters. The maximum Gasteiger partial charge on any atom is 0.110 e. The van der Waals surface area contributed by atoms with Crippen LogP contribution in [0.4, 0.5) is 0 Å². The largest absolute Gasteiger partial charge is 0.249 e. The molecule has 0 saturated heterocycles. The molecular formula is C11H7ClNS. The second kappa shape index (κ2) is 4.49. The van der Waals surface area contributed by atoms with Crippen molar-refractivity contribution in [3.8, 4) is 0 Å². The summed E-state index contributed by atoms with van der Waals surface area (Å²) in [6.45, 7) is 0. The molecule has 1 aromatic carbocycles. The smallest absolute Gasteiger partial charge is 0.110 e. The Bertz CT molecular complexity index is 417. The number of halogens is 1. The minimum atomic E-state index is 0.596. The van der Waals surface area contributed by atoms with Crippen LogP contribution in [0.2, 0.25) is 5.02 Å². The van der Waals surface area contributed by atoms with Crippen LogP contribution < -0.4 is 0 Å². The fourth-order valence-electron chi connectivity index (χ4n) is 0.999. The molecule has 0 saturated carbocycles. The van der Waals surface area contributed by atoms with Crippen molar-refractivity contribution in [2.45, 2.75) is 9.92 Å². The van der Waals surface area contributed by atoms with Crippen molar-refractivity contribution >= 4 is 23.4 Å². The normalized spacial score (nSPS) is 10.1. The van der Waals surface area contributed by atoms with Crippen molar-refractivity contribution in [1.29, 1.82) is 0 Å². The third-order valence-electron chi connectivity index (χ3n) is 1.60. The average Bonchev–Trinajstić information content (AvgIpc) is 2.19. The van der Waals surface area contributed by atoms with Crippen LogP contribution in [0.1, 0.15) is 0 Å². The number of rotatable bonds is 2. The second-order valence-electron chi connectivity index (χ2n) is 2.64. The van der Waals surface area contributed by atoms with Crippen LogP contribution in [0.25, 0.3) is 0 Å². The third kappa shape index (κ3) is 2.50. The van der Waals surface area contributed by atoms with Crippen LogP contribution in [0, 0.1) is 6.07 Å². The zero-order valence-corrected chi connectivity index (χ0v) is 8.85. The molecule has 0 spiro atoms. The Labute approximate surface area is 92.1 Å².